The van der Waals surface area contributed by atoms with Gasteiger partial charge in [-0.15, -0.1) is 0 Å². The third-order valence-corrected chi connectivity index (χ3v) is 6.43. The summed E-state index contributed by atoms with van der Waals surface area (Å²) in [6.45, 7) is 1.89. The SMILES string of the molecule is O=C(Nc1ccc2nc3c(nc2c1)CCCC3)c1ccc(OC(=S)N2CCCCC2)cc1. The number of hydrogen-bond donors (Lipinski definition) is 1. The Kier molecular flexibility index (Phi) is 5.99. The number of nitrogens with one attached hydrogen (secondary N) is 1. The van der Waals surface area contributed by atoms with Gasteiger partial charge in [-0.2, -0.15) is 0 Å². The molecule has 5 rings (SSSR count). The number of thiocarbonyl (C=S) groups is 1. The number of aromatic nitrogens is 2. The molecule has 1 aliphatic carbocycles. The lowest BCUT2D eigenvalue weighted by Gasteiger charge is -2.28. The van der Waals surface area contributed by atoms with Gasteiger partial charge in [0.1, 0.15) is 5.75 Å². The maximum absolute atomic E-state index is 12.7. The number of carbonyl (C=O) groups is 1. The molecule has 0 saturated carbocycles. The predicted octanol–water partition coefficient (Wildman–Crippen LogP) is 4.91. The van der Waals surface area contributed by atoms with Gasteiger partial charge in [0, 0.05) is 24.3 Å². The molecule has 2 aliphatic rings. The number of aryl methyl sites for hydroxylation is 2. The molecule has 1 aliphatic heterocycles. The maximum Gasteiger partial charge on any atom is 0.264 e. The minimum atomic E-state index is -0.180. The van der Waals surface area contributed by atoms with E-state index in [1.165, 1.54) is 12.8 Å². The Morgan fingerprint density at radius 3 is 2.28 bits per heavy atom. The molecule has 32 heavy (non-hydrogen) atoms. The molecule has 1 saturated heterocycles. The number of hydrogen-bond acceptors (Lipinski definition) is 5. The molecule has 0 atom stereocenters. The molecule has 1 amide bonds. The Hall–Kier alpha value is -3.06. The van der Waals surface area contributed by atoms with E-state index in [-0.39, 0.29) is 5.91 Å². The van der Waals surface area contributed by atoms with Gasteiger partial charge < -0.3 is 15.0 Å². The van der Waals surface area contributed by atoms with Crippen LogP contribution in [0, 0.1) is 0 Å². The molecule has 6 nitrogen and oxygen atoms in total. The lowest BCUT2D eigenvalue weighted by Crippen LogP contribution is -2.37. The van der Waals surface area contributed by atoms with Crippen LogP contribution in [-0.2, 0) is 12.8 Å². The van der Waals surface area contributed by atoms with Crippen LogP contribution in [0.2, 0.25) is 0 Å². The first-order valence-electron chi connectivity index (χ1n) is 11.3. The van der Waals surface area contributed by atoms with Crippen LogP contribution >= 0.6 is 12.2 Å². The van der Waals surface area contributed by atoms with E-state index < -0.39 is 0 Å². The molecule has 0 bridgehead atoms. The van der Waals surface area contributed by atoms with Crippen LogP contribution < -0.4 is 10.1 Å². The molecule has 3 aromatic rings. The zero-order valence-electron chi connectivity index (χ0n) is 18.0. The summed E-state index contributed by atoms with van der Waals surface area (Å²) in [6, 6.07) is 12.8. The highest BCUT2D eigenvalue weighted by Gasteiger charge is 2.16. The fourth-order valence-electron chi connectivity index (χ4n) is 4.31. The van der Waals surface area contributed by atoms with Crippen LogP contribution in [-0.4, -0.2) is 39.0 Å². The number of ether oxygens (including phenoxy) is 1. The van der Waals surface area contributed by atoms with Gasteiger partial charge in [-0.1, -0.05) is 0 Å². The Bertz CT molecular complexity index is 1160. The van der Waals surface area contributed by atoms with Crippen molar-refractivity contribution in [2.75, 3.05) is 18.4 Å². The number of rotatable bonds is 3. The number of amides is 1. The van der Waals surface area contributed by atoms with Gasteiger partial charge in [-0.25, -0.2) is 9.97 Å². The van der Waals surface area contributed by atoms with E-state index in [1.54, 1.807) is 24.3 Å². The van der Waals surface area contributed by atoms with E-state index in [2.05, 4.69) is 10.2 Å². The van der Waals surface area contributed by atoms with Crippen LogP contribution in [0.5, 0.6) is 5.75 Å². The van der Waals surface area contributed by atoms with Crippen molar-refractivity contribution in [3.63, 3.8) is 0 Å². The number of nitrogens with zero attached hydrogens (tertiary/aromatic N) is 3. The summed E-state index contributed by atoms with van der Waals surface area (Å²) in [7, 11) is 0. The van der Waals surface area contributed by atoms with E-state index in [9.17, 15) is 4.79 Å². The van der Waals surface area contributed by atoms with E-state index in [0.717, 1.165) is 67.6 Å². The van der Waals surface area contributed by atoms with E-state index in [0.29, 0.717) is 22.2 Å². The normalized spacial score (nSPS) is 15.8. The number of anilines is 1. The minimum absolute atomic E-state index is 0.180. The van der Waals surface area contributed by atoms with Gasteiger partial charge in [0.15, 0.2) is 0 Å². The van der Waals surface area contributed by atoms with Gasteiger partial charge in [0.05, 0.1) is 22.4 Å². The molecule has 0 unspecified atom stereocenters. The summed E-state index contributed by atoms with van der Waals surface area (Å²) in [4.78, 5) is 24.4. The van der Waals surface area contributed by atoms with Crippen LogP contribution in [0.3, 0.4) is 0 Å². The van der Waals surface area contributed by atoms with E-state index in [4.69, 9.17) is 26.9 Å². The van der Waals surface area contributed by atoms with Crippen LogP contribution in [0.15, 0.2) is 42.5 Å². The second kappa shape index (κ2) is 9.20. The van der Waals surface area contributed by atoms with Gasteiger partial charge >= 0.3 is 0 Å². The third kappa shape index (κ3) is 4.58. The minimum Gasteiger partial charge on any atom is -0.432 e. The van der Waals surface area contributed by atoms with E-state index in [1.807, 2.05) is 18.2 Å². The number of piperidine rings is 1. The molecule has 2 heterocycles. The topological polar surface area (TPSA) is 67.3 Å². The van der Waals surface area contributed by atoms with Crippen molar-refractivity contribution in [3.8, 4) is 5.75 Å². The van der Waals surface area contributed by atoms with Crippen molar-refractivity contribution in [1.29, 1.82) is 0 Å². The van der Waals surface area contributed by atoms with Crippen molar-refractivity contribution in [2.24, 2.45) is 0 Å². The monoisotopic (exact) mass is 446 g/mol. The van der Waals surface area contributed by atoms with Gasteiger partial charge in [0.25, 0.3) is 11.1 Å². The first-order valence-corrected chi connectivity index (χ1v) is 11.7. The molecule has 164 valence electrons. The second-order valence-electron chi connectivity index (χ2n) is 8.42. The molecule has 2 aromatic carbocycles. The highest BCUT2D eigenvalue weighted by atomic mass is 32.1. The molecule has 0 spiro atoms. The molecular formula is C25H26N4O2S. The quantitative estimate of drug-likeness (QED) is 0.577. The first kappa shape index (κ1) is 20.8. The number of carbonyl (C=O) groups excluding carboxylic acids is 1. The van der Waals surface area contributed by atoms with Crippen molar-refractivity contribution < 1.29 is 9.53 Å². The zero-order chi connectivity index (χ0) is 21.9. The average Bonchev–Trinajstić information content (AvgIpc) is 2.83. The molecular weight excluding hydrogens is 420 g/mol. The Morgan fingerprint density at radius 1 is 0.875 bits per heavy atom. The summed E-state index contributed by atoms with van der Waals surface area (Å²) in [6.07, 6.45) is 7.84. The molecule has 0 radical (unpaired) electrons. The summed E-state index contributed by atoms with van der Waals surface area (Å²) >= 11 is 5.42. The smallest absolute Gasteiger partial charge is 0.264 e. The van der Waals surface area contributed by atoms with Crippen LogP contribution in [0.4, 0.5) is 5.69 Å². The Morgan fingerprint density at radius 2 is 1.56 bits per heavy atom. The van der Waals surface area contributed by atoms with Crippen molar-refractivity contribution >= 4 is 40.0 Å². The highest BCUT2D eigenvalue weighted by Crippen LogP contribution is 2.23. The van der Waals surface area contributed by atoms with Crippen molar-refractivity contribution in [2.45, 2.75) is 44.9 Å². The molecule has 1 fully saturated rings. The fraction of sp³-hybridized carbons (Fsp3) is 0.360. The van der Waals surface area contributed by atoms with Gasteiger partial charge in [-0.3, -0.25) is 4.79 Å². The molecule has 1 aromatic heterocycles. The van der Waals surface area contributed by atoms with Gasteiger partial charge in [0.2, 0.25) is 0 Å². The van der Waals surface area contributed by atoms with Crippen LogP contribution in [0.1, 0.15) is 53.8 Å². The van der Waals surface area contributed by atoms with Gasteiger partial charge in [-0.05, 0) is 99.6 Å². The summed E-state index contributed by atoms with van der Waals surface area (Å²) in [5.74, 6) is 0.461. The Labute approximate surface area is 193 Å². The third-order valence-electron chi connectivity index (χ3n) is 6.09. The summed E-state index contributed by atoms with van der Waals surface area (Å²) in [5.41, 5.74) is 5.15. The largest absolute Gasteiger partial charge is 0.432 e. The van der Waals surface area contributed by atoms with Crippen molar-refractivity contribution in [3.05, 3.63) is 59.4 Å². The number of fused-ring (bicyclic) bond motifs is 2. The maximum atomic E-state index is 12.7. The standard InChI is InChI=1S/C25H26N4O2S/c30-24(17-8-11-19(12-9-17)31-25(32)29-14-4-1-5-15-29)26-18-10-13-22-23(16-18)28-21-7-3-2-6-20(21)27-22/h8-13,16H,1-7,14-15H2,(H,26,30). The molecule has 7 heteroatoms. The fourth-order valence-corrected chi connectivity index (χ4v) is 4.59. The Balaban J connectivity index is 1.25. The highest BCUT2D eigenvalue weighted by molar-refractivity contribution is 7.80. The zero-order valence-corrected chi connectivity index (χ0v) is 18.8. The lowest BCUT2D eigenvalue weighted by atomic mass is 10.0. The summed E-state index contributed by atoms with van der Waals surface area (Å²) in [5, 5.41) is 3.46. The van der Waals surface area contributed by atoms with E-state index >= 15 is 0 Å². The second-order valence-corrected chi connectivity index (χ2v) is 8.77. The molecule has 1 N–H and O–H groups in total. The average molecular weight is 447 g/mol. The number of likely N-dealkylation sites (tertiary alicyclic amines) is 1. The van der Waals surface area contributed by atoms with Crippen molar-refractivity contribution in [1.82, 2.24) is 14.9 Å². The number of benzene rings is 2. The predicted molar refractivity (Wildman–Crippen MR) is 129 cm³/mol. The first-order chi connectivity index (χ1) is 15.7. The lowest BCUT2D eigenvalue weighted by molar-refractivity contribution is 0.102. The summed E-state index contributed by atoms with van der Waals surface area (Å²) < 4.78 is 5.81. The van der Waals surface area contributed by atoms with Crippen LogP contribution in [0.25, 0.3) is 11.0 Å².